The Morgan fingerprint density at radius 1 is 1.17 bits per heavy atom. The maximum atomic E-state index is 12.8. The van der Waals surface area contributed by atoms with Gasteiger partial charge in [0.15, 0.2) is 6.10 Å². The monoisotopic (exact) mass is 530 g/mol. The number of oxime groups is 1. The fourth-order valence-electron chi connectivity index (χ4n) is 2.82. The minimum Gasteiger partial charge on any atom is -0.456 e. The first kappa shape index (κ1) is 28.6. The van der Waals surface area contributed by atoms with Gasteiger partial charge >= 0.3 is 18.1 Å². The van der Waals surface area contributed by atoms with Gasteiger partial charge in [-0.1, -0.05) is 37.0 Å². The quantitative estimate of drug-likeness (QED) is 0.110. The highest BCUT2D eigenvalue weighted by Gasteiger charge is 2.31. The van der Waals surface area contributed by atoms with Crippen molar-refractivity contribution in [3.8, 4) is 11.5 Å². The van der Waals surface area contributed by atoms with Crippen LogP contribution in [-0.2, 0) is 20.5 Å². The van der Waals surface area contributed by atoms with Crippen molar-refractivity contribution in [1.82, 2.24) is 0 Å². The van der Waals surface area contributed by atoms with Gasteiger partial charge < -0.3 is 14.3 Å². The van der Waals surface area contributed by atoms with E-state index in [2.05, 4.69) is 5.16 Å². The summed E-state index contributed by atoms with van der Waals surface area (Å²) in [5, 5.41) is 14.8. The molecule has 0 spiro atoms. The SMILES string of the molecule is CCCC(CC)=NOC(=O)C(C)OC(=O)c1cc(Oc2ccc(C(F)(F)F)cc2Cl)ccc1[N+](=O)[O-]. The summed E-state index contributed by atoms with van der Waals surface area (Å²) in [6, 6.07) is 5.36. The summed E-state index contributed by atoms with van der Waals surface area (Å²) in [5.41, 5.74) is -1.59. The van der Waals surface area contributed by atoms with Crippen molar-refractivity contribution in [2.75, 3.05) is 0 Å². The Bertz CT molecular complexity index is 1170. The number of nitrogens with zero attached hydrogens (tertiary/aromatic N) is 2. The summed E-state index contributed by atoms with van der Waals surface area (Å²) in [7, 11) is 0. The van der Waals surface area contributed by atoms with E-state index in [9.17, 15) is 32.9 Å². The summed E-state index contributed by atoms with van der Waals surface area (Å²) >= 11 is 5.87. The number of esters is 1. The zero-order chi connectivity index (χ0) is 27.0. The predicted molar refractivity (Wildman–Crippen MR) is 123 cm³/mol. The molecule has 194 valence electrons. The van der Waals surface area contributed by atoms with Gasteiger partial charge in [-0.15, -0.1) is 0 Å². The first-order valence-corrected chi connectivity index (χ1v) is 11.1. The summed E-state index contributed by atoms with van der Waals surface area (Å²) in [6.45, 7) is 4.96. The average Bonchev–Trinajstić information content (AvgIpc) is 2.81. The fraction of sp³-hybridized carbons (Fsp3) is 0.348. The maximum Gasteiger partial charge on any atom is 0.416 e. The molecule has 1 unspecified atom stereocenters. The van der Waals surface area contributed by atoms with Crippen molar-refractivity contribution in [3.63, 3.8) is 0 Å². The first-order chi connectivity index (χ1) is 16.9. The van der Waals surface area contributed by atoms with Crippen LogP contribution in [0.4, 0.5) is 18.9 Å². The molecule has 0 aliphatic rings. The van der Waals surface area contributed by atoms with Crippen molar-refractivity contribution in [3.05, 3.63) is 62.7 Å². The molecule has 0 N–H and O–H groups in total. The van der Waals surface area contributed by atoms with Crippen LogP contribution in [-0.4, -0.2) is 28.7 Å². The smallest absolute Gasteiger partial charge is 0.416 e. The second-order valence-corrected chi connectivity index (χ2v) is 7.81. The third-order valence-corrected chi connectivity index (χ3v) is 4.99. The number of carbonyl (C=O) groups excluding carboxylic acids is 2. The van der Waals surface area contributed by atoms with E-state index in [0.29, 0.717) is 24.6 Å². The summed E-state index contributed by atoms with van der Waals surface area (Å²) in [4.78, 5) is 40.1. The number of carbonyl (C=O) groups is 2. The largest absolute Gasteiger partial charge is 0.456 e. The molecule has 0 fully saturated rings. The second kappa shape index (κ2) is 12.3. The van der Waals surface area contributed by atoms with E-state index in [1.807, 2.05) is 13.8 Å². The average molecular weight is 531 g/mol. The number of halogens is 4. The highest BCUT2D eigenvalue weighted by molar-refractivity contribution is 6.32. The third kappa shape index (κ3) is 7.67. The molecule has 0 radical (unpaired) electrons. The lowest BCUT2D eigenvalue weighted by Crippen LogP contribution is -2.26. The first-order valence-electron chi connectivity index (χ1n) is 10.7. The van der Waals surface area contributed by atoms with Gasteiger partial charge in [-0.2, -0.15) is 13.2 Å². The number of alkyl halides is 3. The van der Waals surface area contributed by atoms with Crippen LogP contribution in [0.2, 0.25) is 5.02 Å². The van der Waals surface area contributed by atoms with E-state index in [1.54, 1.807) is 0 Å². The minimum absolute atomic E-state index is 0.152. The summed E-state index contributed by atoms with van der Waals surface area (Å²) < 4.78 is 48.9. The van der Waals surface area contributed by atoms with Crippen molar-refractivity contribution < 1.29 is 42.0 Å². The zero-order valence-corrected chi connectivity index (χ0v) is 20.2. The van der Waals surface area contributed by atoms with Crippen molar-refractivity contribution in [2.24, 2.45) is 5.16 Å². The Morgan fingerprint density at radius 3 is 2.42 bits per heavy atom. The van der Waals surface area contributed by atoms with Gasteiger partial charge in [0.2, 0.25) is 0 Å². The number of hydrogen-bond donors (Lipinski definition) is 0. The molecule has 2 rings (SSSR count). The molecule has 1 atom stereocenters. The van der Waals surface area contributed by atoms with E-state index in [-0.39, 0.29) is 16.5 Å². The molecule has 9 nitrogen and oxygen atoms in total. The Hall–Kier alpha value is -3.67. The lowest BCUT2D eigenvalue weighted by Gasteiger charge is -2.13. The third-order valence-electron chi connectivity index (χ3n) is 4.70. The van der Waals surface area contributed by atoms with E-state index in [4.69, 9.17) is 25.9 Å². The molecule has 0 saturated carbocycles. The van der Waals surface area contributed by atoms with E-state index < -0.39 is 46.0 Å². The predicted octanol–water partition coefficient (Wildman–Crippen LogP) is 6.71. The Kier molecular flexibility index (Phi) is 9.79. The summed E-state index contributed by atoms with van der Waals surface area (Å²) in [5.74, 6) is -2.56. The fourth-order valence-corrected chi connectivity index (χ4v) is 3.04. The van der Waals surface area contributed by atoms with Gasteiger partial charge in [-0.3, -0.25) is 10.1 Å². The van der Waals surface area contributed by atoms with Crippen LogP contribution in [0.15, 0.2) is 41.6 Å². The lowest BCUT2D eigenvalue weighted by molar-refractivity contribution is -0.385. The van der Waals surface area contributed by atoms with Crippen LogP contribution < -0.4 is 4.74 Å². The van der Waals surface area contributed by atoms with Crippen LogP contribution in [0.5, 0.6) is 11.5 Å². The molecule has 0 aliphatic carbocycles. The molecule has 13 heteroatoms. The van der Waals surface area contributed by atoms with E-state index in [0.717, 1.165) is 36.8 Å². The molecule has 36 heavy (non-hydrogen) atoms. The van der Waals surface area contributed by atoms with Crippen LogP contribution in [0.25, 0.3) is 0 Å². The van der Waals surface area contributed by atoms with Gasteiger partial charge in [0.25, 0.3) is 5.69 Å². The number of benzene rings is 2. The van der Waals surface area contributed by atoms with Crippen LogP contribution in [0.1, 0.15) is 56.0 Å². The van der Waals surface area contributed by atoms with Gasteiger partial charge in [-0.05, 0) is 44.0 Å². The topological polar surface area (TPSA) is 117 Å². The van der Waals surface area contributed by atoms with Crippen LogP contribution >= 0.6 is 11.6 Å². The molecular weight excluding hydrogens is 509 g/mol. The molecule has 0 heterocycles. The second-order valence-electron chi connectivity index (χ2n) is 7.40. The molecular formula is C23H22ClF3N2O7. The van der Waals surface area contributed by atoms with Gasteiger partial charge in [-0.25, -0.2) is 9.59 Å². The van der Waals surface area contributed by atoms with Gasteiger partial charge in [0.1, 0.15) is 17.1 Å². The van der Waals surface area contributed by atoms with Gasteiger partial charge in [0.05, 0.1) is 21.2 Å². The van der Waals surface area contributed by atoms with Crippen molar-refractivity contribution in [2.45, 2.75) is 52.3 Å². The molecule has 0 bridgehead atoms. The summed E-state index contributed by atoms with van der Waals surface area (Å²) in [6.07, 6.45) is -4.12. The normalized spacial score (nSPS) is 12.6. The number of nitro groups is 1. The number of rotatable bonds is 10. The maximum absolute atomic E-state index is 12.8. The molecule has 0 aliphatic heterocycles. The zero-order valence-electron chi connectivity index (χ0n) is 19.4. The van der Waals surface area contributed by atoms with E-state index >= 15 is 0 Å². The Labute approximate surface area is 208 Å². The number of nitro benzene ring substituents is 1. The van der Waals surface area contributed by atoms with Crippen molar-refractivity contribution >= 4 is 34.9 Å². The molecule has 0 saturated heterocycles. The molecule has 0 amide bonds. The lowest BCUT2D eigenvalue weighted by atomic mass is 10.1. The molecule has 2 aromatic rings. The highest BCUT2D eigenvalue weighted by Crippen LogP contribution is 2.37. The standard InChI is InChI=1S/C23H22ClF3N2O7/c1-4-6-15(5-2)28-36-21(30)13(3)34-22(31)17-12-16(8-9-19(17)29(32)33)35-20-10-7-14(11-18(20)24)23(25,26)27/h7-13H,4-6H2,1-3H3. The van der Waals surface area contributed by atoms with E-state index in [1.165, 1.54) is 6.92 Å². The highest BCUT2D eigenvalue weighted by atomic mass is 35.5. The molecule has 2 aromatic carbocycles. The Balaban J connectivity index is 2.24. The number of hydrogen-bond acceptors (Lipinski definition) is 8. The van der Waals surface area contributed by atoms with Gasteiger partial charge in [0, 0.05) is 12.1 Å². The van der Waals surface area contributed by atoms with Crippen LogP contribution in [0.3, 0.4) is 0 Å². The minimum atomic E-state index is -4.62. The number of ether oxygens (including phenoxy) is 2. The molecule has 0 aromatic heterocycles. The Morgan fingerprint density at radius 2 is 1.86 bits per heavy atom. The van der Waals surface area contributed by atoms with Crippen LogP contribution in [0, 0.1) is 10.1 Å². The van der Waals surface area contributed by atoms with Crippen molar-refractivity contribution in [1.29, 1.82) is 0 Å².